The predicted octanol–water partition coefficient (Wildman–Crippen LogP) is 19.7. The van der Waals surface area contributed by atoms with E-state index in [1.54, 1.807) is 0 Å². The van der Waals surface area contributed by atoms with Gasteiger partial charge in [0.05, 0.1) is 26.4 Å². The average Bonchev–Trinajstić information content (AvgIpc) is 3.69. The molecule has 0 saturated carbocycles. The lowest BCUT2D eigenvalue weighted by Crippen LogP contribution is -2.30. The molecule has 0 radical (unpaired) electrons. The van der Waals surface area contributed by atoms with E-state index in [1.807, 2.05) is 0 Å². The Morgan fingerprint density at radius 2 is 0.523 bits per heavy atom. The van der Waals surface area contributed by atoms with E-state index in [9.17, 15) is 43.2 Å². The highest BCUT2D eigenvalue weighted by Gasteiger charge is 2.30. The first-order valence-electron chi connectivity index (χ1n) is 36.1. The zero-order chi connectivity index (χ0) is 64.9. The number of ether oxygens (including phenoxy) is 4. The molecular formula is C69H134O17P2. The zero-order valence-corrected chi connectivity index (χ0v) is 58.6. The maximum atomic E-state index is 13.0. The highest BCUT2D eigenvalue weighted by molar-refractivity contribution is 7.47. The molecule has 0 aliphatic rings. The first kappa shape index (κ1) is 86.1. The Morgan fingerprint density at radius 1 is 0.307 bits per heavy atom. The van der Waals surface area contributed by atoms with Crippen LogP contribution < -0.4 is 0 Å². The molecule has 19 heteroatoms. The van der Waals surface area contributed by atoms with Gasteiger partial charge in [0.2, 0.25) is 0 Å². The van der Waals surface area contributed by atoms with Gasteiger partial charge >= 0.3 is 39.5 Å². The van der Waals surface area contributed by atoms with Gasteiger partial charge in [0.1, 0.15) is 19.3 Å². The van der Waals surface area contributed by atoms with Gasteiger partial charge in [-0.05, 0) is 31.6 Å². The van der Waals surface area contributed by atoms with E-state index in [0.29, 0.717) is 25.7 Å². The fourth-order valence-corrected chi connectivity index (χ4v) is 12.0. The molecule has 0 aliphatic carbocycles. The van der Waals surface area contributed by atoms with Crippen LogP contribution in [-0.2, 0) is 65.4 Å². The molecule has 0 rings (SSSR count). The van der Waals surface area contributed by atoms with E-state index in [2.05, 4.69) is 34.6 Å². The number of carbonyl (C=O) groups excluding carboxylic acids is 4. The maximum absolute atomic E-state index is 13.0. The van der Waals surface area contributed by atoms with Gasteiger partial charge in [-0.2, -0.15) is 0 Å². The summed E-state index contributed by atoms with van der Waals surface area (Å²) in [6.07, 6.45) is 48.7. The number of rotatable bonds is 69. The van der Waals surface area contributed by atoms with Gasteiger partial charge in [-0.3, -0.25) is 37.3 Å². The number of hydrogen-bond acceptors (Lipinski definition) is 15. The minimum absolute atomic E-state index is 0.106. The summed E-state index contributed by atoms with van der Waals surface area (Å²) >= 11 is 0. The van der Waals surface area contributed by atoms with Crippen molar-refractivity contribution in [3.63, 3.8) is 0 Å². The topological polar surface area (TPSA) is 237 Å². The van der Waals surface area contributed by atoms with Crippen molar-refractivity contribution in [3.8, 4) is 0 Å². The molecule has 88 heavy (non-hydrogen) atoms. The van der Waals surface area contributed by atoms with Crippen LogP contribution in [0.1, 0.15) is 356 Å². The van der Waals surface area contributed by atoms with E-state index >= 15 is 0 Å². The number of phosphoric acid groups is 2. The van der Waals surface area contributed by atoms with Gasteiger partial charge < -0.3 is 33.8 Å². The molecule has 0 aromatic carbocycles. The molecular weight excluding hydrogens is 1160 g/mol. The minimum atomic E-state index is -4.95. The molecule has 5 atom stereocenters. The second-order valence-electron chi connectivity index (χ2n) is 25.4. The van der Waals surface area contributed by atoms with Crippen LogP contribution in [0.3, 0.4) is 0 Å². The van der Waals surface area contributed by atoms with E-state index in [-0.39, 0.29) is 25.7 Å². The van der Waals surface area contributed by atoms with Crippen molar-refractivity contribution in [2.45, 2.75) is 374 Å². The highest BCUT2D eigenvalue weighted by Crippen LogP contribution is 2.45. The molecule has 0 heterocycles. The first-order chi connectivity index (χ1) is 42.5. The lowest BCUT2D eigenvalue weighted by molar-refractivity contribution is -0.161. The molecule has 3 N–H and O–H groups in total. The molecule has 0 saturated heterocycles. The van der Waals surface area contributed by atoms with Crippen LogP contribution in [0.15, 0.2) is 0 Å². The van der Waals surface area contributed by atoms with Crippen LogP contribution in [0, 0.1) is 5.92 Å². The number of aliphatic hydroxyl groups excluding tert-OH is 1. The standard InChI is InChI=1S/C69H134O17P2/c1-6-9-12-15-18-20-21-22-23-24-27-30-34-38-43-48-53-67(72)80-59-65(86-69(74)55-50-45-40-35-31-28-25-26-29-33-37-41-46-51-62(4)5)61-84-88(77,78)82-57-63(70)56-81-87(75,76)83-60-64(58-79-66(71)52-47-42-36-17-14-11-8-3)85-68(73)54-49-44-39-32-19-16-13-10-7-2/h62-65,70H,6-61H2,1-5H3,(H,75,76)(H,77,78)/t63-,64+,65+/m0/s1. The smallest absolute Gasteiger partial charge is 0.462 e. The Hall–Kier alpha value is -1.94. The van der Waals surface area contributed by atoms with Crippen molar-refractivity contribution < 1.29 is 80.2 Å². The maximum Gasteiger partial charge on any atom is 0.472 e. The summed E-state index contributed by atoms with van der Waals surface area (Å²) in [6.45, 7) is 7.20. The first-order valence-corrected chi connectivity index (χ1v) is 39.1. The Balaban J connectivity index is 5.18. The van der Waals surface area contributed by atoms with E-state index in [1.165, 1.54) is 167 Å². The van der Waals surface area contributed by atoms with Crippen molar-refractivity contribution in [2.24, 2.45) is 5.92 Å². The SMILES string of the molecule is CCCCCCCCCCCCCCCCCCC(=O)OC[C@H](COP(=O)(O)OC[C@@H](O)COP(=O)(O)OC[C@@H](COC(=O)CCCCCCCCC)OC(=O)CCCCCCCCCCC)OC(=O)CCCCCCCCCCCCCCCC(C)C. The second kappa shape index (κ2) is 62.5. The summed E-state index contributed by atoms with van der Waals surface area (Å²) in [5, 5.41) is 10.6. The molecule has 0 aromatic rings. The summed E-state index contributed by atoms with van der Waals surface area (Å²) in [6, 6.07) is 0. The van der Waals surface area contributed by atoms with Gasteiger partial charge in [-0.25, -0.2) is 9.13 Å². The molecule has 0 fully saturated rings. The molecule has 0 aliphatic heterocycles. The summed E-state index contributed by atoms with van der Waals surface area (Å²) < 4.78 is 68.1. The number of esters is 4. The summed E-state index contributed by atoms with van der Waals surface area (Å²) in [4.78, 5) is 72.3. The van der Waals surface area contributed by atoms with Gasteiger partial charge in [0.15, 0.2) is 12.2 Å². The highest BCUT2D eigenvalue weighted by atomic mass is 31.2. The zero-order valence-electron chi connectivity index (χ0n) is 56.9. The van der Waals surface area contributed by atoms with Crippen molar-refractivity contribution in [1.29, 1.82) is 0 Å². The third kappa shape index (κ3) is 62.8. The second-order valence-corrected chi connectivity index (χ2v) is 28.3. The molecule has 0 bridgehead atoms. The van der Waals surface area contributed by atoms with E-state index in [0.717, 1.165) is 109 Å². The van der Waals surface area contributed by atoms with Crippen LogP contribution in [0.5, 0.6) is 0 Å². The van der Waals surface area contributed by atoms with Gasteiger partial charge in [0, 0.05) is 25.7 Å². The Labute approximate surface area is 537 Å². The molecule has 0 aromatic heterocycles. The Kier molecular flexibility index (Phi) is 61.1. The van der Waals surface area contributed by atoms with E-state index in [4.69, 9.17) is 37.0 Å². The van der Waals surface area contributed by atoms with Gasteiger partial charge in [0.25, 0.3) is 0 Å². The Bertz CT molecular complexity index is 1700. The predicted molar refractivity (Wildman–Crippen MR) is 354 cm³/mol. The van der Waals surface area contributed by atoms with Crippen LogP contribution in [0.4, 0.5) is 0 Å². The van der Waals surface area contributed by atoms with Crippen LogP contribution in [0.25, 0.3) is 0 Å². The lowest BCUT2D eigenvalue weighted by atomic mass is 10.0. The molecule has 17 nitrogen and oxygen atoms in total. The van der Waals surface area contributed by atoms with Crippen LogP contribution >= 0.6 is 15.6 Å². The summed E-state index contributed by atoms with van der Waals surface area (Å²) in [5.41, 5.74) is 0. The van der Waals surface area contributed by atoms with Crippen molar-refractivity contribution in [3.05, 3.63) is 0 Å². The summed E-state index contributed by atoms with van der Waals surface area (Å²) in [5.74, 6) is -1.34. The quantitative estimate of drug-likeness (QED) is 0.0222. The van der Waals surface area contributed by atoms with Crippen molar-refractivity contribution in [1.82, 2.24) is 0 Å². The molecule has 0 spiro atoms. The van der Waals surface area contributed by atoms with Gasteiger partial charge in [-0.1, -0.05) is 304 Å². The Morgan fingerprint density at radius 3 is 0.773 bits per heavy atom. The number of phosphoric ester groups is 2. The third-order valence-electron chi connectivity index (χ3n) is 16.0. The largest absolute Gasteiger partial charge is 0.472 e. The fraction of sp³-hybridized carbons (Fsp3) is 0.942. The van der Waals surface area contributed by atoms with Crippen molar-refractivity contribution in [2.75, 3.05) is 39.6 Å². The summed E-state index contributed by atoms with van der Waals surface area (Å²) in [7, 11) is -9.89. The lowest BCUT2D eigenvalue weighted by Gasteiger charge is -2.21. The van der Waals surface area contributed by atoms with Gasteiger partial charge in [-0.15, -0.1) is 0 Å². The molecule has 0 amide bonds. The molecule has 522 valence electrons. The number of aliphatic hydroxyl groups is 1. The number of hydrogen-bond donors (Lipinski definition) is 3. The molecule has 2 unspecified atom stereocenters. The minimum Gasteiger partial charge on any atom is -0.462 e. The average molecular weight is 1300 g/mol. The fourth-order valence-electron chi connectivity index (χ4n) is 10.5. The van der Waals surface area contributed by atoms with Crippen molar-refractivity contribution >= 4 is 39.5 Å². The van der Waals surface area contributed by atoms with E-state index < -0.39 is 97.5 Å². The monoisotopic (exact) mass is 1300 g/mol. The van der Waals surface area contributed by atoms with Crippen LogP contribution in [0.2, 0.25) is 0 Å². The number of unbranched alkanes of at least 4 members (excludes halogenated alkanes) is 41. The third-order valence-corrected chi connectivity index (χ3v) is 17.9. The normalized spacial score (nSPS) is 14.1. The van der Waals surface area contributed by atoms with Crippen LogP contribution in [-0.4, -0.2) is 96.7 Å². The number of carbonyl (C=O) groups is 4.